The predicted molar refractivity (Wildman–Crippen MR) is 76.3 cm³/mol. The first-order chi connectivity index (χ1) is 9.99. The van der Waals surface area contributed by atoms with Crippen molar-refractivity contribution in [2.24, 2.45) is 0 Å². The van der Waals surface area contributed by atoms with E-state index in [1.165, 1.54) is 12.1 Å². The third-order valence-corrected chi connectivity index (χ3v) is 4.21. The molecular formula is C12H13N3O5S. The second-order valence-corrected chi connectivity index (χ2v) is 5.56. The van der Waals surface area contributed by atoms with E-state index in [0.29, 0.717) is 0 Å². The Labute approximate surface area is 124 Å². The molecule has 1 saturated heterocycles. The number of likely N-dealkylation sites (tertiary alicyclic amines) is 1. The molecule has 1 heterocycles. The zero-order valence-corrected chi connectivity index (χ0v) is 11.9. The summed E-state index contributed by atoms with van der Waals surface area (Å²) in [5, 5.41) is 21.6. The molecule has 9 heteroatoms. The lowest BCUT2D eigenvalue weighted by molar-refractivity contribution is -0.396. The molecule has 0 spiro atoms. The average Bonchev–Trinajstić information content (AvgIpc) is 2.98. The molecule has 8 nitrogen and oxygen atoms in total. The summed E-state index contributed by atoms with van der Waals surface area (Å²) in [6.45, 7) is 1.45. The molecule has 0 radical (unpaired) electrons. The molecule has 2 rings (SSSR count). The van der Waals surface area contributed by atoms with Crippen LogP contribution in [0, 0.1) is 20.2 Å². The van der Waals surface area contributed by atoms with Gasteiger partial charge in [0.05, 0.1) is 26.6 Å². The van der Waals surface area contributed by atoms with Crippen molar-refractivity contribution in [1.29, 1.82) is 0 Å². The average molecular weight is 311 g/mol. The number of carbonyl (C=O) groups excluding carboxylic acids is 1. The van der Waals surface area contributed by atoms with E-state index in [9.17, 15) is 25.0 Å². The third-order valence-electron chi connectivity index (χ3n) is 3.16. The van der Waals surface area contributed by atoms with Gasteiger partial charge in [0.1, 0.15) is 0 Å². The molecule has 0 bridgehead atoms. The number of benzene rings is 1. The number of non-ortho nitro benzene ring substituents is 1. The first-order valence-corrected chi connectivity index (χ1v) is 7.31. The lowest BCUT2D eigenvalue weighted by Crippen LogP contribution is -2.29. The number of amides is 1. The summed E-state index contributed by atoms with van der Waals surface area (Å²) in [5.74, 6) is 0.0312. The highest BCUT2D eigenvalue weighted by Gasteiger charge is 2.22. The van der Waals surface area contributed by atoms with Gasteiger partial charge in [0.2, 0.25) is 5.91 Å². The summed E-state index contributed by atoms with van der Waals surface area (Å²) < 4.78 is 0. The summed E-state index contributed by atoms with van der Waals surface area (Å²) in [6, 6.07) is 3.44. The lowest BCUT2D eigenvalue weighted by atomic mass is 10.3. The fourth-order valence-corrected chi connectivity index (χ4v) is 2.99. The summed E-state index contributed by atoms with van der Waals surface area (Å²) in [6.07, 6.45) is 1.96. The van der Waals surface area contributed by atoms with Crippen molar-refractivity contribution >= 4 is 29.0 Å². The second-order valence-electron chi connectivity index (χ2n) is 4.54. The summed E-state index contributed by atoms with van der Waals surface area (Å²) in [4.78, 5) is 34.2. The number of carbonyl (C=O) groups is 1. The normalized spacial score (nSPS) is 14.2. The fraction of sp³-hybridized carbons (Fsp3) is 0.417. The Morgan fingerprint density at radius 1 is 1.19 bits per heavy atom. The van der Waals surface area contributed by atoms with Crippen molar-refractivity contribution in [2.75, 3.05) is 18.8 Å². The number of thioether (sulfide) groups is 1. The largest absolute Gasteiger partial charge is 0.342 e. The van der Waals surface area contributed by atoms with Gasteiger partial charge in [-0.15, -0.1) is 11.8 Å². The SMILES string of the molecule is O=C(CSc1ccc([N+](=O)[O-])cc1[N+](=O)[O-])N1CCCC1. The van der Waals surface area contributed by atoms with E-state index >= 15 is 0 Å². The number of nitrogens with zero attached hydrogens (tertiary/aromatic N) is 3. The number of rotatable bonds is 5. The van der Waals surface area contributed by atoms with Crippen LogP contribution >= 0.6 is 11.8 Å². The number of hydrogen-bond donors (Lipinski definition) is 0. The Hall–Kier alpha value is -2.16. The summed E-state index contributed by atoms with van der Waals surface area (Å²) in [5.41, 5.74) is -0.680. The fourth-order valence-electron chi connectivity index (χ4n) is 2.08. The van der Waals surface area contributed by atoms with Gasteiger partial charge in [-0.05, 0) is 18.9 Å². The van der Waals surface area contributed by atoms with Gasteiger partial charge in [0, 0.05) is 19.2 Å². The van der Waals surface area contributed by atoms with E-state index in [1.54, 1.807) is 4.90 Å². The van der Waals surface area contributed by atoms with Crippen LogP contribution in [0.2, 0.25) is 0 Å². The van der Waals surface area contributed by atoms with E-state index < -0.39 is 9.85 Å². The van der Waals surface area contributed by atoms with Gasteiger partial charge in [-0.1, -0.05) is 0 Å². The van der Waals surface area contributed by atoms with Gasteiger partial charge in [0.15, 0.2) is 0 Å². The number of nitro benzene ring substituents is 2. The standard InChI is InChI=1S/C12H13N3O5S/c16-12(13-5-1-2-6-13)8-21-11-4-3-9(14(17)18)7-10(11)15(19)20/h3-4,7H,1-2,5-6,8H2. The molecule has 112 valence electrons. The number of nitro groups is 2. The van der Waals surface area contributed by atoms with Crippen molar-refractivity contribution < 1.29 is 14.6 Å². The van der Waals surface area contributed by atoms with Crippen molar-refractivity contribution in [3.8, 4) is 0 Å². The highest BCUT2D eigenvalue weighted by atomic mass is 32.2. The second kappa shape index (κ2) is 6.53. The van der Waals surface area contributed by atoms with Crippen LogP contribution in [0.15, 0.2) is 23.1 Å². The van der Waals surface area contributed by atoms with Gasteiger partial charge in [-0.25, -0.2) is 0 Å². The van der Waals surface area contributed by atoms with Crippen LogP contribution in [-0.4, -0.2) is 39.5 Å². The van der Waals surface area contributed by atoms with Gasteiger partial charge < -0.3 is 4.90 Å². The minimum absolute atomic E-state index is 0.0647. The van der Waals surface area contributed by atoms with Crippen LogP contribution in [0.3, 0.4) is 0 Å². The van der Waals surface area contributed by atoms with Crippen LogP contribution in [-0.2, 0) is 4.79 Å². The van der Waals surface area contributed by atoms with E-state index in [-0.39, 0.29) is 27.9 Å². The molecule has 1 aromatic rings. The highest BCUT2D eigenvalue weighted by molar-refractivity contribution is 8.00. The molecule has 0 aliphatic carbocycles. The number of hydrogen-bond acceptors (Lipinski definition) is 6. The third kappa shape index (κ3) is 3.69. The van der Waals surface area contributed by atoms with E-state index in [0.717, 1.165) is 43.8 Å². The highest BCUT2D eigenvalue weighted by Crippen LogP contribution is 2.32. The Balaban J connectivity index is 2.10. The van der Waals surface area contributed by atoms with Crippen molar-refractivity contribution in [3.05, 3.63) is 38.4 Å². The van der Waals surface area contributed by atoms with E-state index in [2.05, 4.69) is 0 Å². The van der Waals surface area contributed by atoms with E-state index in [1.807, 2.05) is 0 Å². The van der Waals surface area contributed by atoms with Gasteiger partial charge in [0.25, 0.3) is 11.4 Å². The molecule has 0 saturated carbocycles. The van der Waals surface area contributed by atoms with Gasteiger partial charge in [-0.3, -0.25) is 25.0 Å². The maximum Gasteiger partial charge on any atom is 0.289 e. The van der Waals surface area contributed by atoms with Gasteiger partial charge >= 0.3 is 0 Å². The van der Waals surface area contributed by atoms with Crippen LogP contribution in [0.1, 0.15) is 12.8 Å². The lowest BCUT2D eigenvalue weighted by Gasteiger charge is -2.14. The van der Waals surface area contributed by atoms with Gasteiger partial charge in [-0.2, -0.15) is 0 Å². The topological polar surface area (TPSA) is 107 Å². The van der Waals surface area contributed by atoms with Crippen molar-refractivity contribution in [3.63, 3.8) is 0 Å². The van der Waals surface area contributed by atoms with E-state index in [4.69, 9.17) is 0 Å². The van der Waals surface area contributed by atoms with Crippen LogP contribution in [0.5, 0.6) is 0 Å². The monoisotopic (exact) mass is 311 g/mol. The quantitative estimate of drug-likeness (QED) is 0.469. The Kier molecular flexibility index (Phi) is 4.73. The van der Waals surface area contributed by atoms with Crippen LogP contribution in [0.4, 0.5) is 11.4 Å². The molecule has 1 aromatic carbocycles. The molecule has 1 aliphatic heterocycles. The first kappa shape index (κ1) is 15.2. The molecule has 0 atom stereocenters. The summed E-state index contributed by atoms with van der Waals surface area (Å²) >= 11 is 1.04. The maximum absolute atomic E-state index is 11.9. The zero-order chi connectivity index (χ0) is 15.4. The molecule has 0 aromatic heterocycles. The zero-order valence-electron chi connectivity index (χ0n) is 11.1. The maximum atomic E-state index is 11.9. The molecular weight excluding hydrogens is 298 g/mol. The summed E-state index contributed by atoms with van der Waals surface area (Å²) in [7, 11) is 0. The Bertz CT molecular complexity index is 586. The Morgan fingerprint density at radius 3 is 2.43 bits per heavy atom. The molecule has 0 unspecified atom stereocenters. The Morgan fingerprint density at radius 2 is 1.86 bits per heavy atom. The molecule has 1 aliphatic rings. The first-order valence-electron chi connectivity index (χ1n) is 6.32. The molecule has 21 heavy (non-hydrogen) atoms. The molecule has 1 fully saturated rings. The molecule has 0 N–H and O–H groups in total. The predicted octanol–water partition coefficient (Wildman–Crippen LogP) is 2.22. The van der Waals surface area contributed by atoms with Crippen LogP contribution in [0.25, 0.3) is 0 Å². The van der Waals surface area contributed by atoms with Crippen molar-refractivity contribution in [2.45, 2.75) is 17.7 Å². The minimum atomic E-state index is -0.684. The minimum Gasteiger partial charge on any atom is -0.342 e. The molecule has 1 amide bonds. The smallest absolute Gasteiger partial charge is 0.289 e. The van der Waals surface area contributed by atoms with Crippen LogP contribution < -0.4 is 0 Å². The van der Waals surface area contributed by atoms with Crippen molar-refractivity contribution in [1.82, 2.24) is 4.90 Å².